The quantitative estimate of drug-likeness (QED) is 0.657. The molecule has 1 aromatic carbocycles. The molecule has 0 fully saturated rings. The lowest BCUT2D eigenvalue weighted by Gasteiger charge is -2.35. The molecule has 158 valence electrons. The number of amides is 3. The van der Waals surface area contributed by atoms with Crippen molar-refractivity contribution in [1.29, 1.82) is 0 Å². The Morgan fingerprint density at radius 1 is 1.10 bits per heavy atom. The Kier molecular flexibility index (Phi) is 4.86. The van der Waals surface area contributed by atoms with Gasteiger partial charge >= 0.3 is 0 Å². The van der Waals surface area contributed by atoms with E-state index in [9.17, 15) is 14.4 Å². The number of nitrogens with zero attached hydrogens (tertiary/aromatic N) is 1. The van der Waals surface area contributed by atoms with Crippen LogP contribution in [-0.2, 0) is 30.6 Å². The normalized spacial score (nSPS) is 17.2. The van der Waals surface area contributed by atoms with E-state index < -0.39 is 11.9 Å². The fourth-order valence-corrected chi connectivity index (χ4v) is 5.76. The van der Waals surface area contributed by atoms with Crippen LogP contribution in [0.1, 0.15) is 48.9 Å². The van der Waals surface area contributed by atoms with Crippen molar-refractivity contribution >= 4 is 34.1 Å². The number of carbonyl (C=O) groups is 3. The summed E-state index contributed by atoms with van der Waals surface area (Å²) in [6.45, 7) is 0.303. The first kappa shape index (κ1) is 19.6. The van der Waals surface area contributed by atoms with Crippen LogP contribution in [0.15, 0.2) is 47.1 Å². The number of nitrogens with two attached hydrogens (primary N) is 1. The number of furan rings is 1. The maximum atomic E-state index is 13.4. The standard InChI is InChI=1S/C23H21N3O4S/c24-20(27)19-15-7-3-9-18(15)31-22(19)25-21(28)16-11-13-5-1-2-6-14(13)12-26(16)23(29)17-8-4-10-30-17/h1-2,4-6,8,10,16H,3,7,9,11-12H2,(H2,24,27)(H,25,28)/t16-/m1/s1. The third-order valence-electron chi connectivity index (χ3n) is 5.95. The molecule has 1 atom stereocenters. The summed E-state index contributed by atoms with van der Waals surface area (Å²) in [4.78, 5) is 41.2. The molecule has 1 aliphatic carbocycles. The fraction of sp³-hybridized carbons (Fsp3) is 0.261. The Labute approximate surface area is 182 Å². The highest BCUT2D eigenvalue weighted by Gasteiger charge is 2.37. The number of fused-ring (bicyclic) bond motifs is 2. The van der Waals surface area contributed by atoms with Crippen LogP contribution in [0.4, 0.5) is 5.00 Å². The van der Waals surface area contributed by atoms with E-state index in [4.69, 9.17) is 10.2 Å². The minimum absolute atomic E-state index is 0.185. The van der Waals surface area contributed by atoms with Gasteiger partial charge in [-0.25, -0.2) is 0 Å². The molecular formula is C23H21N3O4S. The van der Waals surface area contributed by atoms with Crippen LogP contribution in [0.3, 0.4) is 0 Å². The second-order valence-electron chi connectivity index (χ2n) is 7.81. The maximum Gasteiger partial charge on any atom is 0.290 e. The summed E-state index contributed by atoms with van der Waals surface area (Å²) in [6, 6.07) is 10.3. The van der Waals surface area contributed by atoms with Crippen molar-refractivity contribution in [2.24, 2.45) is 5.73 Å². The Hall–Kier alpha value is -3.39. The van der Waals surface area contributed by atoms with E-state index in [2.05, 4.69) is 5.32 Å². The molecule has 8 heteroatoms. The first-order chi connectivity index (χ1) is 15.0. The summed E-state index contributed by atoms with van der Waals surface area (Å²) in [6.07, 6.45) is 4.48. The molecule has 0 spiro atoms. The van der Waals surface area contributed by atoms with Gasteiger partial charge in [0.2, 0.25) is 5.91 Å². The van der Waals surface area contributed by atoms with Crippen LogP contribution in [0, 0.1) is 0 Å². The summed E-state index contributed by atoms with van der Waals surface area (Å²) in [7, 11) is 0. The summed E-state index contributed by atoms with van der Waals surface area (Å²) in [5.74, 6) is -1.03. The van der Waals surface area contributed by atoms with Crippen LogP contribution in [0.2, 0.25) is 0 Å². The number of nitrogens with one attached hydrogen (secondary N) is 1. The van der Waals surface area contributed by atoms with E-state index in [1.54, 1.807) is 12.1 Å². The zero-order chi connectivity index (χ0) is 21.5. The topological polar surface area (TPSA) is 106 Å². The number of hydrogen-bond acceptors (Lipinski definition) is 5. The van der Waals surface area contributed by atoms with Crippen LogP contribution in [0.25, 0.3) is 0 Å². The SMILES string of the molecule is NC(=O)c1c(NC(=O)[C@H]2Cc3ccccc3CN2C(=O)c2ccco2)sc2c1CCC2. The van der Waals surface area contributed by atoms with E-state index >= 15 is 0 Å². The third kappa shape index (κ3) is 3.42. The molecule has 0 saturated carbocycles. The molecule has 2 aromatic heterocycles. The number of benzene rings is 1. The molecule has 7 nitrogen and oxygen atoms in total. The van der Waals surface area contributed by atoms with E-state index in [-0.39, 0.29) is 17.6 Å². The van der Waals surface area contributed by atoms with Crippen LogP contribution in [0.5, 0.6) is 0 Å². The predicted octanol–water partition coefficient (Wildman–Crippen LogP) is 3.13. The number of primary amides is 1. The van der Waals surface area contributed by atoms with E-state index in [1.807, 2.05) is 24.3 Å². The average Bonchev–Trinajstić information content (AvgIpc) is 3.49. The molecule has 5 rings (SSSR count). The number of aryl methyl sites for hydroxylation is 1. The molecule has 2 aliphatic rings. The highest BCUT2D eigenvalue weighted by Crippen LogP contribution is 2.39. The summed E-state index contributed by atoms with van der Waals surface area (Å²) < 4.78 is 5.29. The minimum Gasteiger partial charge on any atom is -0.459 e. The zero-order valence-corrected chi connectivity index (χ0v) is 17.5. The maximum absolute atomic E-state index is 13.4. The lowest BCUT2D eigenvalue weighted by Crippen LogP contribution is -2.50. The highest BCUT2D eigenvalue weighted by atomic mass is 32.1. The number of thiophene rings is 1. The Balaban J connectivity index is 1.47. The number of hydrogen-bond donors (Lipinski definition) is 2. The first-order valence-electron chi connectivity index (χ1n) is 10.2. The van der Waals surface area contributed by atoms with Crippen molar-refractivity contribution in [3.05, 3.63) is 75.6 Å². The Morgan fingerprint density at radius 3 is 2.65 bits per heavy atom. The number of carbonyl (C=O) groups excluding carboxylic acids is 3. The molecule has 0 saturated heterocycles. The van der Waals surface area contributed by atoms with Gasteiger partial charge in [-0.05, 0) is 48.1 Å². The second kappa shape index (κ2) is 7.70. The summed E-state index contributed by atoms with van der Waals surface area (Å²) in [5, 5.41) is 3.38. The van der Waals surface area contributed by atoms with Crippen molar-refractivity contribution in [2.45, 2.75) is 38.3 Å². The van der Waals surface area contributed by atoms with Gasteiger partial charge in [-0.15, -0.1) is 11.3 Å². The molecule has 3 amide bonds. The van der Waals surface area contributed by atoms with Crippen LogP contribution in [-0.4, -0.2) is 28.7 Å². The summed E-state index contributed by atoms with van der Waals surface area (Å²) >= 11 is 1.41. The van der Waals surface area contributed by atoms with Crippen molar-refractivity contribution < 1.29 is 18.8 Å². The summed E-state index contributed by atoms with van der Waals surface area (Å²) in [5.41, 5.74) is 9.01. The van der Waals surface area contributed by atoms with E-state index in [0.717, 1.165) is 40.8 Å². The van der Waals surface area contributed by atoms with Gasteiger partial charge in [0.05, 0.1) is 11.8 Å². The van der Waals surface area contributed by atoms with Crippen molar-refractivity contribution in [3.8, 4) is 0 Å². The molecule has 3 aromatic rings. The van der Waals surface area contributed by atoms with Crippen LogP contribution < -0.4 is 11.1 Å². The van der Waals surface area contributed by atoms with E-state index in [1.165, 1.54) is 22.5 Å². The Morgan fingerprint density at radius 2 is 1.90 bits per heavy atom. The fourth-order valence-electron chi connectivity index (χ4n) is 4.46. The average molecular weight is 436 g/mol. The zero-order valence-electron chi connectivity index (χ0n) is 16.7. The van der Waals surface area contributed by atoms with Gasteiger partial charge in [0, 0.05) is 17.8 Å². The van der Waals surface area contributed by atoms with Gasteiger partial charge in [0.1, 0.15) is 11.0 Å². The lowest BCUT2D eigenvalue weighted by atomic mass is 9.93. The predicted molar refractivity (Wildman–Crippen MR) is 116 cm³/mol. The molecule has 0 unspecified atom stereocenters. The largest absolute Gasteiger partial charge is 0.459 e. The van der Waals surface area contributed by atoms with Gasteiger partial charge in [-0.1, -0.05) is 24.3 Å². The van der Waals surface area contributed by atoms with Crippen molar-refractivity contribution in [2.75, 3.05) is 5.32 Å². The smallest absolute Gasteiger partial charge is 0.290 e. The molecular weight excluding hydrogens is 414 g/mol. The molecule has 3 N–H and O–H groups in total. The van der Waals surface area contributed by atoms with E-state index in [0.29, 0.717) is 23.5 Å². The molecule has 0 bridgehead atoms. The molecule has 3 heterocycles. The van der Waals surface area contributed by atoms with Gasteiger partial charge in [0.15, 0.2) is 5.76 Å². The molecule has 0 radical (unpaired) electrons. The first-order valence-corrected chi connectivity index (χ1v) is 11.0. The second-order valence-corrected chi connectivity index (χ2v) is 8.92. The monoisotopic (exact) mass is 435 g/mol. The number of rotatable bonds is 4. The Bertz CT molecular complexity index is 1180. The third-order valence-corrected chi connectivity index (χ3v) is 7.16. The molecule has 31 heavy (non-hydrogen) atoms. The van der Waals surface area contributed by atoms with Crippen molar-refractivity contribution in [3.63, 3.8) is 0 Å². The minimum atomic E-state index is -0.731. The van der Waals surface area contributed by atoms with Crippen LogP contribution >= 0.6 is 11.3 Å². The van der Waals surface area contributed by atoms with Gasteiger partial charge < -0.3 is 20.4 Å². The molecule has 1 aliphatic heterocycles. The van der Waals surface area contributed by atoms with Gasteiger partial charge in [-0.3, -0.25) is 14.4 Å². The van der Waals surface area contributed by atoms with Gasteiger partial charge in [-0.2, -0.15) is 0 Å². The van der Waals surface area contributed by atoms with Gasteiger partial charge in [0.25, 0.3) is 11.8 Å². The number of anilines is 1. The van der Waals surface area contributed by atoms with Crippen molar-refractivity contribution in [1.82, 2.24) is 4.90 Å². The highest BCUT2D eigenvalue weighted by molar-refractivity contribution is 7.17. The lowest BCUT2D eigenvalue weighted by molar-refractivity contribution is -0.121.